The summed E-state index contributed by atoms with van der Waals surface area (Å²) < 4.78 is 100.0. The van der Waals surface area contributed by atoms with E-state index in [-0.39, 0.29) is 24.9 Å². The van der Waals surface area contributed by atoms with Crippen LogP contribution in [0.15, 0.2) is 135 Å². The molecule has 4 aliphatic rings. The largest absolute Gasteiger partial charge is 0.437 e. The number of para-hydroxylation sites is 2. The number of carbonyl (C=O) groups excluding carboxylic acids is 2. The van der Waals surface area contributed by atoms with Gasteiger partial charge >= 0.3 is 12.4 Å². The molecule has 12 rings (SSSR count). The van der Waals surface area contributed by atoms with Gasteiger partial charge in [0.05, 0.1) is 0 Å². The number of hydrogen-bond donors (Lipinski definition) is 1. The number of alkyl halides is 6. The highest BCUT2D eigenvalue weighted by Gasteiger charge is 2.43. The summed E-state index contributed by atoms with van der Waals surface area (Å²) in [5.74, 6) is -0.912. The minimum absolute atomic E-state index is 0.149. The molecule has 22 heteroatoms. The molecule has 0 atom stereocenters. The number of ketones is 2. The fourth-order valence-corrected chi connectivity index (χ4v) is 10.9. The molecule has 4 saturated heterocycles. The van der Waals surface area contributed by atoms with Crippen molar-refractivity contribution in [3.63, 3.8) is 0 Å². The third kappa shape index (κ3) is 12.9. The van der Waals surface area contributed by atoms with Crippen molar-refractivity contribution in [1.82, 2.24) is 30.2 Å². The standard InChI is InChI=1S/C33H31F3N6O3.C26H28F3N5O2/c34-33(35,36)30-29(45-32(39-30)41-14-12-24(13-15-41)23-6-2-1-3-7-23)26(43)20-22-10-11-28(37-21-22)40-16-18-42(19-17-40)31-38-25-8-4-5-9-27(25)44-31;27-26(28,29)24-23(21(35)16-18-6-7-22(31-17-18)33-14-10-30-11-15-33)36-25(32-24)34-12-8-20(9-13-34)19-4-2-1-3-5-19/h1-11,21,24H,12-20H2;1-7,17,20,30H,8-16H2. The molecule has 0 unspecified atom stereocenters. The molecule has 16 nitrogen and oxygen atoms in total. The number of nitrogens with one attached hydrogen (secondary N) is 1. The van der Waals surface area contributed by atoms with Gasteiger partial charge in [-0.2, -0.15) is 41.3 Å². The van der Waals surface area contributed by atoms with Gasteiger partial charge in [-0.25, -0.2) is 9.97 Å². The number of pyridine rings is 2. The van der Waals surface area contributed by atoms with Crippen molar-refractivity contribution in [2.75, 3.05) is 103 Å². The predicted octanol–water partition coefficient (Wildman–Crippen LogP) is 10.7. The third-order valence-corrected chi connectivity index (χ3v) is 15.3. The molecule has 4 aliphatic heterocycles. The van der Waals surface area contributed by atoms with E-state index in [1.54, 1.807) is 34.1 Å². The van der Waals surface area contributed by atoms with Crippen LogP contribution in [0, 0.1) is 0 Å². The summed E-state index contributed by atoms with van der Waals surface area (Å²) in [7, 11) is 0. The van der Waals surface area contributed by atoms with Gasteiger partial charge in [0, 0.05) is 104 Å². The first-order valence-electron chi connectivity index (χ1n) is 27.2. The van der Waals surface area contributed by atoms with Crippen molar-refractivity contribution >= 4 is 52.3 Å². The second-order valence-electron chi connectivity index (χ2n) is 20.6. The Morgan fingerprint density at radius 1 is 0.469 bits per heavy atom. The number of piperidine rings is 2. The minimum atomic E-state index is -4.82. The number of Topliss-reactive ketones (excluding diaryl/α,β-unsaturated/α-hetero) is 2. The quantitative estimate of drug-likeness (QED) is 0.0855. The average molecular weight is 1120 g/mol. The summed E-state index contributed by atoms with van der Waals surface area (Å²) in [5, 5.41) is 3.27. The van der Waals surface area contributed by atoms with Crippen LogP contribution in [0.5, 0.6) is 0 Å². The molecule has 0 bridgehead atoms. The lowest BCUT2D eigenvalue weighted by atomic mass is 9.90. The molecular weight excluding hydrogens is 1060 g/mol. The summed E-state index contributed by atoms with van der Waals surface area (Å²) in [5.41, 5.74) is 2.44. The number of halogens is 6. The summed E-state index contributed by atoms with van der Waals surface area (Å²) >= 11 is 0. The van der Waals surface area contributed by atoms with Gasteiger partial charge < -0.3 is 43.1 Å². The van der Waals surface area contributed by atoms with Gasteiger partial charge in [-0.05, 0) is 84.0 Å². The van der Waals surface area contributed by atoms with Crippen LogP contribution >= 0.6 is 0 Å². The first-order chi connectivity index (χ1) is 39.2. The Morgan fingerprint density at radius 2 is 0.877 bits per heavy atom. The normalized spacial score (nSPS) is 16.9. The molecule has 0 amide bonds. The molecule has 1 N–H and O–H groups in total. The Kier molecular flexibility index (Phi) is 16.1. The lowest BCUT2D eigenvalue weighted by molar-refractivity contribution is -0.142. The third-order valence-electron chi connectivity index (χ3n) is 15.3. The Labute approximate surface area is 462 Å². The van der Waals surface area contributed by atoms with Gasteiger partial charge in [0.25, 0.3) is 18.0 Å². The van der Waals surface area contributed by atoms with Crippen LogP contribution in [0.25, 0.3) is 11.1 Å². The van der Waals surface area contributed by atoms with Crippen LogP contribution in [0.1, 0.15) is 92.3 Å². The van der Waals surface area contributed by atoms with Gasteiger partial charge in [-0.1, -0.05) is 84.9 Å². The van der Waals surface area contributed by atoms with E-state index in [1.165, 1.54) is 23.5 Å². The van der Waals surface area contributed by atoms with Crippen molar-refractivity contribution in [2.45, 2.75) is 62.7 Å². The number of aromatic nitrogens is 5. The fourth-order valence-electron chi connectivity index (χ4n) is 10.9. The maximum absolute atomic E-state index is 13.9. The summed E-state index contributed by atoms with van der Waals surface area (Å²) in [4.78, 5) is 56.7. The number of benzene rings is 3. The number of nitrogens with zero attached hydrogens (tertiary/aromatic N) is 10. The van der Waals surface area contributed by atoms with E-state index >= 15 is 0 Å². The van der Waals surface area contributed by atoms with Crippen LogP contribution in [0.4, 0.5) is 56.0 Å². The number of rotatable bonds is 13. The number of piperazine rings is 2. The number of anilines is 5. The Hall–Kier alpha value is -8.27. The monoisotopic (exact) mass is 1120 g/mol. The lowest BCUT2D eigenvalue weighted by Crippen LogP contribution is -2.47. The molecule has 3 aromatic carbocycles. The molecule has 4 fully saturated rings. The van der Waals surface area contributed by atoms with E-state index in [0.717, 1.165) is 74.6 Å². The van der Waals surface area contributed by atoms with Gasteiger partial charge in [-0.3, -0.25) is 9.59 Å². The molecular formula is C59H59F6N11O5. The van der Waals surface area contributed by atoms with Crippen LogP contribution in [0.2, 0.25) is 0 Å². The number of fused-ring (bicyclic) bond motifs is 1. The van der Waals surface area contributed by atoms with Crippen LogP contribution in [-0.2, 0) is 25.2 Å². The molecule has 9 heterocycles. The zero-order valence-electron chi connectivity index (χ0n) is 44.2. The Morgan fingerprint density at radius 3 is 1.31 bits per heavy atom. The molecule has 0 aliphatic carbocycles. The minimum Gasteiger partial charge on any atom is -0.423 e. The van der Waals surface area contributed by atoms with E-state index in [0.29, 0.717) is 81.3 Å². The van der Waals surface area contributed by atoms with Gasteiger partial charge in [0.15, 0.2) is 17.0 Å². The molecule has 5 aromatic heterocycles. The maximum atomic E-state index is 13.9. The molecule has 422 valence electrons. The van der Waals surface area contributed by atoms with Crippen LogP contribution in [-0.4, -0.2) is 115 Å². The zero-order valence-corrected chi connectivity index (χ0v) is 44.2. The van der Waals surface area contributed by atoms with E-state index in [9.17, 15) is 35.9 Å². The van der Waals surface area contributed by atoms with E-state index < -0.39 is 46.8 Å². The van der Waals surface area contributed by atoms with Crippen LogP contribution < -0.4 is 29.8 Å². The van der Waals surface area contributed by atoms with E-state index in [2.05, 4.69) is 69.2 Å². The molecule has 0 saturated carbocycles. The lowest BCUT2D eigenvalue weighted by Gasteiger charge is -2.34. The molecule has 81 heavy (non-hydrogen) atoms. The van der Waals surface area contributed by atoms with Crippen molar-refractivity contribution in [3.8, 4) is 0 Å². The highest BCUT2D eigenvalue weighted by atomic mass is 19.4. The fraction of sp³-hybridized carbons (Fsp3) is 0.373. The van der Waals surface area contributed by atoms with Crippen LogP contribution in [0.3, 0.4) is 0 Å². The highest BCUT2D eigenvalue weighted by molar-refractivity contribution is 5.97. The summed E-state index contributed by atoms with van der Waals surface area (Å²) in [6.45, 7) is 8.08. The van der Waals surface area contributed by atoms with E-state index in [1.807, 2.05) is 60.7 Å². The molecule has 8 aromatic rings. The number of hydrogen-bond acceptors (Lipinski definition) is 16. The Bertz CT molecular complexity index is 3350. The highest BCUT2D eigenvalue weighted by Crippen LogP contribution is 2.39. The first kappa shape index (κ1) is 54.7. The number of carbonyl (C=O) groups is 2. The zero-order chi connectivity index (χ0) is 56.1. The Balaban J connectivity index is 0.000000175. The van der Waals surface area contributed by atoms with E-state index in [4.69, 9.17) is 13.3 Å². The molecule has 0 spiro atoms. The predicted molar refractivity (Wildman–Crippen MR) is 292 cm³/mol. The van der Waals surface area contributed by atoms with Gasteiger partial charge in [0.2, 0.25) is 23.1 Å². The van der Waals surface area contributed by atoms with Crippen molar-refractivity contribution in [3.05, 3.63) is 167 Å². The second kappa shape index (κ2) is 23.8. The topological polar surface area (TPSA) is 166 Å². The van der Waals surface area contributed by atoms with Crippen molar-refractivity contribution in [1.29, 1.82) is 0 Å². The second-order valence-corrected chi connectivity index (χ2v) is 20.6. The SMILES string of the molecule is O=C(Cc1ccc(N2CCN(c3nc4ccccc4o3)CC2)nc1)c1oc(N2CCC(c3ccccc3)CC2)nc1C(F)(F)F.O=C(Cc1ccc(N2CCNCC2)nc1)c1oc(N2CCC(c3ccccc3)CC2)nc1C(F)(F)F. The van der Waals surface area contributed by atoms with Crippen molar-refractivity contribution in [2.24, 2.45) is 0 Å². The molecule has 0 radical (unpaired) electrons. The first-order valence-corrected chi connectivity index (χ1v) is 27.2. The average Bonchev–Trinajstić information content (AvgIpc) is 4.33. The van der Waals surface area contributed by atoms with Gasteiger partial charge in [-0.15, -0.1) is 0 Å². The number of oxazole rings is 3. The summed E-state index contributed by atoms with van der Waals surface area (Å²) in [6, 6.07) is 35.0. The summed E-state index contributed by atoms with van der Waals surface area (Å²) in [6.07, 6.45) is -4.05. The van der Waals surface area contributed by atoms with Gasteiger partial charge in [0.1, 0.15) is 17.2 Å². The smallest absolute Gasteiger partial charge is 0.423 e. The van der Waals surface area contributed by atoms with Crippen molar-refractivity contribution < 1.29 is 49.2 Å². The maximum Gasteiger partial charge on any atom is 0.437 e.